The van der Waals surface area contributed by atoms with Crippen molar-refractivity contribution in [3.8, 4) is 5.69 Å². The predicted octanol–water partition coefficient (Wildman–Crippen LogP) is 3.84. The van der Waals surface area contributed by atoms with E-state index < -0.39 is 23.2 Å². The average Bonchev–Trinajstić information content (AvgIpc) is 3.50. The Morgan fingerprint density at radius 1 is 1.08 bits per heavy atom. The third kappa shape index (κ3) is 4.85. The van der Waals surface area contributed by atoms with Gasteiger partial charge in [0.25, 0.3) is 5.91 Å². The molecule has 1 amide bonds. The zero-order chi connectivity index (χ0) is 27.8. The molecule has 0 atom stereocenters. The summed E-state index contributed by atoms with van der Waals surface area (Å²) >= 11 is 0. The number of aromatic nitrogens is 5. The SMILES string of the molecule is NCCCC1(n2c(=O)n(-c3ccc(C(=O)Nc4cc(C(F)(F)F)ccn4)cc3)c3c(N)ncnc32)CCCC1. The van der Waals surface area contributed by atoms with Gasteiger partial charge in [0, 0.05) is 11.8 Å². The molecule has 1 saturated carbocycles. The number of carbonyl (C=O) groups is 1. The van der Waals surface area contributed by atoms with E-state index in [2.05, 4.69) is 20.3 Å². The van der Waals surface area contributed by atoms with Crippen molar-refractivity contribution in [1.29, 1.82) is 0 Å². The summed E-state index contributed by atoms with van der Waals surface area (Å²) in [6.45, 7) is 0.506. The van der Waals surface area contributed by atoms with Crippen LogP contribution in [0, 0.1) is 0 Å². The maximum absolute atomic E-state index is 14.0. The van der Waals surface area contributed by atoms with Crippen molar-refractivity contribution in [2.24, 2.45) is 5.73 Å². The summed E-state index contributed by atoms with van der Waals surface area (Å²) in [5.41, 5.74) is 11.8. The minimum absolute atomic E-state index is 0.139. The lowest BCUT2D eigenvalue weighted by molar-refractivity contribution is -0.137. The number of anilines is 2. The van der Waals surface area contributed by atoms with Gasteiger partial charge in [0.15, 0.2) is 11.5 Å². The molecule has 10 nitrogen and oxygen atoms in total. The summed E-state index contributed by atoms with van der Waals surface area (Å²) < 4.78 is 42.2. The van der Waals surface area contributed by atoms with Crippen LogP contribution in [0.25, 0.3) is 16.9 Å². The second-order valence-corrected chi connectivity index (χ2v) is 9.64. The molecule has 204 valence electrons. The number of nitrogens with zero attached hydrogens (tertiary/aromatic N) is 5. The number of nitrogens with two attached hydrogens (primary N) is 2. The number of hydrogen-bond acceptors (Lipinski definition) is 7. The first kappa shape index (κ1) is 26.4. The Morgan fingerprint density at radius 3 is 2.46 bits per heavy atom. The third-order valence-corrected chi connectivity index (χ3v) is 7.22. The van der Waals surface area contributed by atoms with Crippen LogP contribution in [-0.4, -0.2) is 36.5 Å². The van der Waals surface area contributed by atoms with Gasteiger partial charge >= 0.3 is 11.9 Å². The summed E-state index contributed by atoms with van der Waals surface area (Å²) in [5.74, 6) is -0.750. The van der Waals surface area contributed by atoms with Gasteiger partial charge in [-0.1, -0.05) is 12.8 Å². The number of nitrogen functional groups attached to an aromatic ring is 1. The molecule has 5 rings (SSSR count). The molecule has 1 aromatic carbocycles. The Labute approximate surface area is 220 Å². The van der Waals surface area contributed by atoms with E-state index in [1.165, 1.54) is 23.0 Å². The monoisotopic (exact) mass is 540 g/mol. The highest BCUT2D eigenvalue weighted by atomic mass is 19.4. The number of amides is 1. The molecule has 1 fully saturated rings. The molecule has 3 aromatic heterocycles. The molecular weight excluding hydrogens is 513 g/mol. The highest BCUT2D eigenvalue weighted by molar-refractivity contribution is 6.03. The van der Waals surface area contributed by atoms with Gasteiger partial charge in [0.2, 0.25) is 0 Å². The van der Waals surface area contributed by atoms with E-state index in [9.17, 15) is 22.8 Å². The maximum atomic E-state index is 14.0. The van der Waals surface area contributed by atoms with Crippen molar-refractivity contribution in [3.63, 3.8) is 0 Å². The lowest BCUT2D eigenvalue weighted by Crippen LogP contribution is -2.40. The van der Waals surface area contributed by atoms with Crippen molar-refractivity contribution in [3.05, 3.63) is 70.5 Å². The van der Waals surface area contributed by atoms with Crippen LogP contribution in [0.4, 0.5) is 24.8 Å². The van der Waals surface area contributed by atoms with E-state index in [1.54, 1.807) is 16.7 Å². The van der Waals surface area contributed by atoms with Crippen molar-refractivity contribution in [1.82, 2.24) is 24.1 Å². The molecule has 0 radical (unpaired) electrons. The van der Waals surface area contributed by atoms with Gasteiger partial charge in [-0.15, -0.1) is 0 Å². The first-order valence-corrected chi connectivity index (χ1v) is 12.5. The molecule has 0 bridgehead atoms. The Kier molecular flexibility index (Phi) is 6.85. The molecule has 0 spiro atoms. The molecule has 0 saturated heterocycles. The number of fused-ring (bicyclic) bond motifs is 1. The van der Waals surface area contributed by atoms with Crippen LogP contribution >= 0.6 is 0 Å². The van der Waals surface area contributed by atoms with Gasteiger partial charge in [-0.25, -0.2) is 19.7 Å². The van der Waals surface area contributed by atoms with Gasteiger partial charge < -0.3 is 16.8 Å². The van der Waals surface area contributed by atoms with E-state index >= 15 is 0 Å². The van der Waals surface area contributed by atoms with E-state index in [1.807, 2.05) is 0 Å². The third-order valence-electron chi connectivity index (χ3n) is 7.22. The molecule has 0 unspecified atom stereocenters. The Bertz CT molecular complexity index is 1570. The van der Waals surface area contributed by atoms with Gasteiger partial charge in [0.05, 0.1) is 16.8 Å². The lowest BCUT2D eigenvalue weighted by Gasteiger charge is -2.30. The zero-order valence-electron chi connectivity index (χ0n) is 20.9. The molecule has 13 heteroatoms. The largest absolute Gasteiger partial charge is 0.416 e. The summed E-state index contributed by atoms with van der Waals surface area (Å²) in [6.07, 6.45) is 2.82. The first-order chi connectivity index (χ1) is 18.6. The van der Waals surface area contributed by atoms with Crippen LogP contribution in [-0.2, 0) is 11.7 Å². The van der Waals surface area contributed by atoms with Crippen LogP contribution in [0.15, 0.2) is 53.7 Å². The number of carbonyl (C=O) groups excluding carboxylic acids is 1. The fraction of sp³-hybridized carbons (Fsp3) is 0.346. The summed E-state index contributed by atoms with van der Waals surface area (Å²) in [6, 6.07) is 7.63. The number of benzene rings is 1. The van der Waals surface area contributed by atoms with Crippen LogP contribution in [0.1, 0.15) is 54.4 Å². The van der Waals surface area contributed by atoms with E-state index in [0.29, 0.717) is 23.4 Å². The molecule has 1 aliphatic carbocycles. The standard InChI is InChI=1S/C26H27F3N8O2/c27-26(28,29)17-8-13-32-19(14-17)35-23(38)16-4-6-18(7-5-16)36-20-21(31)33-15-34-22(20)37(24(36)39)25(11-3-12-30)9-1-2-10-25/h4-8,13-15H,1-3,9-12,30H2,(H2,31,33,34)(H,32,35,38). The number of nitrogens with one attached hydrogen (secondary N) is 1. The topological polar surface area (TPSA) is 147 Å². The quantitative estimate of drug-likeness (QED) is 0.323. The van der Waals surface area contributed by atoms with Gasteiger partial charge in [-0.2, -0.15) is 13.2 Å². The van der Waals surface area contributed by atoms with Gasteiger partial charge in [-0.3, -0.25) is 13.9 Å². The van der Waals surface area contributed by atoms with Crippen LogP contribution in [0.2, 0.25) is 0 Å². The fourth-order valence-electron chi connectivity index (χ4n) is 5.39. The second-order valence-electron chi connectivity index (χ2n) is 9.64. The normalized spacial score (nSPS) is 15.1. The van der Waals surface area contributed by atoms with Gasteiger partial charge in [0.1, 0.15) is 17.7 Å². The van der Waals surface area contributed by atoms with Crippen LogP contribution in [0.3, 0.4) is 0 Å². The maximum Gasteiger partial charge on any atom is 0.416 e. The van der Waals surface area contributed by atoms with Crippen LogP contribution < -0.4 is 22.5 Å². The fourth-order valence-corrected chi connectivity index (χ4v) is 5.39. The number of imidazole rings is 1. The molecule has 4 aromatic rings. The van der Waals surface area contributed by atoms with Crippen LogP contribution in [0.5, 0.6) is 0 Å². The van der Waals surface area contributed by atoms with Crippen molar-refractivity contribution < 1.29 is 18.0 Å². The van der Waals surface area contributed by atoms with Crippen molar-refractivity contribution >= 4 is 28.7 Å². The minimum atomic E-state index is -4.57. The molecule has 3 heterocycles. The molecular formula is C26H27F3N8O2. The Morgan fingerprint density at radius 2 is 1.79 bits per heavy atom. The smallest absolute Gasteiger partial charge is 0.382 e. The average molecular weight is 541 g/mol. The van der Waals surface area contributed by atoms with Gasteiger partial charge in [-0.05, 0) is 68.6 Å². The lowest BCUT2D eigenvalue weighted by atomic mass is 9.91. The van der Waals surface area contributed by atoms with Crippen molar-refractivity contribution in [2.75, 3.05) is 17.6 Å². The predicted molar refractivity (Wildman–Crippen MR) is 139 cm³/mol. The second kappa shape index (κ2) is 10.1. The molecule has 5 N–H and O–H groups in total. The Balaban J connectivity index is 1.51. The minimum Gasteiger partial charge on any atom is -0.382 e. The number of halogens is 3. The number of pyridine rings is 1. The Hall–Kier alpha value is -4.26. The van der Waals surface area contributed by atoms with E-state index in [0.717, 1.165) is 56.9 Å². The summed E-state index contributed by atoms with van der Waals surface area (Å²) in [5, 5.41) is 2.37. The zero-order valence-corrected chi connectivity index (χ0v) is 20.9. The molecule has 1 aliphatic rings. The number of alkyl halides is 3. The summed E-state index contributed by atoms with van der Waals surface area (Å²) in [4.78, 5) is 39.0. The highest BCUT2D eigenvalue weighted by Gasteiger charge is 2.39. The van der Waals surface area contributed by atoms with E-state index in [-0.39, 0.29) is 22.9 Å². The number of hydrogen-bond donors (Lipinski definition) is 3. The highest BCUT2D eigenvalue weighted by Crippen LogP contribution is 2.41. The summed E-state index contributed by atoms with van der Waals surface area (Å²) in [7, 11) is 0. The van der Waals surface area contributed by atoms with Crippen molar-refractivity contribution in [2.45, 2.75) is 50.2 Å². The first-order valence-electron chi connectivity index (χ1n) is 12.5. The molecule has 0 aliphatic heterocycles. The number of rotatable bonds is 7. The van der Waals surface area contributed by atoms with E-state index in [4.69, 9.17) is 11.5 Å². The molecule has 39 heavy (non-hydrogen) atoms.